The fourth-order valence-electron chi connectivity index (χ4n) is 2.72. The molecule has 0 spiro atoms. The van der Waals surface area contributed by atoms with E-state index in [1.807, 2.05) is 38.1 Å². The van der Waals surface area contributed by atoms with Crippen LogP contribution in [0.3, 0.4) is 0 Å². The number of rotatable bonds is 7. The third kappa shape index (κ3) is 4.39. The van der Waals surface area contributed by atoms with Crippen LogP contribution < -0.4 is 5.56 Å². The van der Waals surface area contributed by atoms with E-state index in [4.69, 9.17) is 4.74 Å². The lowest BCUT2D eigenvalue weighted by Crippen LogP contribution is -2.26. The molecule has 6 heteroatoms. The Morgan fingerprint density at radius 3 is 2.59 bits per heavy atom. The number of ether oxygens (including phenoxy) is 1. The van der Waals surface area contributed by atoms with Gasteiger partial charge in [-0.2, -0.15) is 0 Å². The van der Waals surface area contributed by atoms with Gasteiger partial charge in [0, 0.05) is 11.8 Å². The van der Waals surface area contributed by atoms with Crippen molar-refractivity contribution in [1.82, 2.24) is 9.55 Å². The summed E-state index contributed by atoms with van der Waals surface area (Å²) < 4.78 is 7.06. The van der Waals surface area contributed by atoms with E-state index in [0.717, 1.165) is 6.42 Å². The molecule has 3 aromatic rings. The summed E-state index contributed by atoms with van der Waals surface area (Å²) in [5, 5.41) is 1.28. The van der Waals surface area contributed by atoms with E-state index in [1.54, 1.807) is 34.9 Å². The topological polar surface area (TPSA) is 61.2 Å². The highest BCUT2D eigenvalue weighted by Gasteiger charge is 2.15. The van der Waals surface area contributed by atoms with E-state index in [-0.39, 0.29) is 24.2 Å². The first-order chi connectivity index (χ1) is 13.1. The molecule has 0 aliphatic heterocycles. The number of hydrogen-bond donors (Lipinski definition) is 0. The molecule has 0 radical (unpaired) electrons. The number of hydrogen-bond acceptors (Lipinski definition) is 5. The Balaban J connectivity index is 1.74. The second-order valence-electron chi connectivity index (χ2n) is 6.19. The van der Waals surface area contributed by atoms with Gasteiger partial charge in [-0.25, -0.2) is 9.78 Å². The predicted octanol–water partition coefficient (Wildman–Crippen LogP) is 4.32. The van der Waals surface area contributed by atoms with Gasteiger partial charge in [-0.15, -0.1) is 0 Å². The molecule has 0 amide bonds. The molecule has 1 heterocycles. The van der Waals surface area contributed by atoms with Crippen LogP contribution in [0.2, 0.25) is 0 Å². The van der Waals surface area contributed by atoms with Gasteiger partial charge in [0.1, 0.15) is 6.61 Å². The number of esters is 1. The molecular weight excluding hydrogens is 360 g/mol. The maximum atomic E-state index is 12.9. The molecule has 0 bridgehead atoms. The number of benzene rings is 2. The maximum absolute atomic E-state index is 12.9. The van der Waals surface area contributed by atoms with Gasteiger partial charge < -0.3 is 4.74 Å². The number of aromatic nitrogens is 2. The van der Waals surface area contributed by atoms with Crippen molar-refractivity contribution in [2.45, 2.75) is 31.5 Å². The summed E-state index contributed by atoms with van der Waals surface area (Å²) >= 11 is 1.43. The predicted molar refractivity (Wildman–Crippen MR) is 108 cm³/mol. The fourth-order valence-corrected chi connectivity index (χ4v) is 3.64. The van der Waals surface area contributed by atoms with Crippen LogP contribution in [-0.4, -0.2) is 27.9 Å². The molecular formula is C21H22N2O3S. The van der Waals surface area contributed by atoms with Gasteiger partial charge >= 0.3 is 5.97 Å². The third-order valence-corrected chi connectivity index (χ3v) is 5.28. The Bertz CT molecular complexity index is 986. The van der Waals surface area contributed by atoms with Crippen molar-refractivity contribution in [3.05, 3.63) is 70.5 Å². The van der Waals surface area contributed by atoms with Crippen LogP contribution >= 0.6 is 11.8 Å². The summed E-state index contributed by atoms with van der Waals surface area (Å²) in [6.07, 6.45) is 0.830. The van der Waals surface area contributed by atoms with Gasteiger partial charge in [0.2, 0.25) is 0 Å². The van der Waals surface area contributed by atoms with Crippen molar-refractivity contribution >= 4 is 28.6 Å². The Kier molecular flexibility index (Phi) is 6.29. The van der Waals surface area contributed by atoms with E-state index < -0.39 is 0 Å². The summed E-state index contributed by atoms with van der Waals surface area (Å²) in [4.78, 5) is 29.6. The number of nitrogens with zero attached hydrogens (tertiary/aromatic N) is 2. The van der Waals surface area contributed by atoms with Gasteiger partial charge in [-0.1, -0.05) is 49.0 Å². The number of para-hydroxylation sites is 1. The lowest BCUT2D eigenvalue weighted by molar-refractivity contribution is 0.0530. The van der Waals surface area contributed by atoms with Crippen LogP contribution in [-0.2, 0) is 4.74 Å². The molecule has 0 saturated carbocycles. The lowest BCUT2D eigenvalue weighted by Gasteiger charge is -2.18. The quantitative estimate of drug-likeness (QED) is 0.264. The van der Waals surface area contributed by atoms with Crippen LogP contribution in [0.1, 0.15) is 36.7 Å². The Labute approximate surface area is 162 Å². The molecule has 0 unspecified atom stereocenters. The Morgan fingerprint density at radius 2 is 1.85 bits per heavy atom. The van der Waals surface area contributed by atoms with Crippen LogP contribution in [0.25, 0.3) is 10.9 Å². The molecule has 0 aliphatic carbocycles. The smallest absolute Gasteiger partial charge is 0.338 e. The monoisotopic (exact) mass is 382 g/mol. The standard InChI is InChI=1S/C21H22N2O3S/c1-3-15(2)23-19(24)17-11-7-8-12-18(17)22-21(23)27-14-13-26-20(25)16-9-5-4-6-10-16/h4-12,15H,3,13-14H2,1-2H3/t15-/m1/s1. The normalized spacial score (nSPS) is 12.1. The van der Waals surface area contributed by atoms with Gasteiger partial charge in [0.15, 0.2) is 5.16 Å². The second-order valence-corrected chi connectivity index (χ2v) is 7.26. The molecule has 2 aromatic carbocycles. The van der Waals surface area contributed by atoms with E-state index in [1.165, 1.54) is 11.8 Å². The molecule has 1 atom stereocenters. The van der Waals surface area contributed by atoms with Crippen molar-refractivity contribution in [3.63, 3.8) is 0 Å². The number of fused-ring (bicyclic) bond motifs is 1. The highest BCUT2D eigenvalue weighted by atomic mass is 32.2. The van der Waals surface area contributed by atoms with Crippen molar-refractivity contribution in [3.8, 4) is 0 Å². The number of carbonyl (C=O) groups excluding carboxylic acids is 1. The minimum atomic E-state index is -0.345. The van der Waals surface area contributed by atoms with Crippen LogP contribution in [0.4, 0.5) is 0 Å². The maximum Gasteiger partial charge on any atom is 0.338 e. The zero-order chi connectivity index (χ0) is 19.2. The van der Waals surface area contributed by atoms with Crippen molar-refractivity contribution in [2.24, 2.45) is 0 Å². The summed E-state index contributed by atoms with van der Waals surface area (Å²) in [6, 6.07) is 16.3. The molecule has 1 aromatic heterocycles. The van der Waals surface area contributed by atoms with Crippen LogP contribution in [0, 0.1) is 0 Å². The first-order valence-electron chi connectivity index (χ1n) is 8.98. The molecule has 0 aliphatic rings. The third-order valence-electron chi connectivity index (χ3n) is 4.36. The number of carbonyl (C=O) groups is 1. The van der Waals surface area contributed by atoms with Crippen molar-refractivity contribution in [2.75, 3.05) is 12.4 Å². The molecule has 0 N–H and O–H groups in total. The van der Waals surface area contributed by atoms with E-state index in [2.05, 4.69) is 4.98 Å². The molecule has 0 fully saturated rings. The highest BCUT2D eigenvalue weighted by molar-refractivity contribution is 7.99. The minimum Gasteiger partial charge on any atom is -0.461 e. The summed E-state index contributed by atoms with van der Waals surface area (Å²) in [7, 11) is 0. The molecule has 3 rings (SSSR count). The average Bonchev–Trinajstić information content (AvgIpc) is 2.71. The van der Waals surface area contributed by atoms with E-state index >= 15 is 0 Å². The summed E-state index contributed by atoms with van der Waals surface area (Å²) in [5.74, 6) is 0.182. The largest absolute Gasteiger partial charge is 0.461 e. The lowest BCUT2D eigenvalue weighted by atomic mass is 10.2. The molecule has 140 valence electrons. The first-order valence-corrected chi connectivity index (χ1v) is 9.96. The van der Waals surface area contributed by atoms with Crippen molar-refractivity contribution < 1.29 is 9.53 Å². The van der Waals surface area contributed by atoms with Gasteiger partial charge in [0.05, 0.1) is 16.5 Å². The fraction of sp³-hybridized carbons (Fsp3) is 0.286. The molecule has 5 nitrogen and oxygen atoms in total. The summed E-state index contributed by atoms with van der Waals surface area (Å²) in [5.41, 5.74) is 1.19. The average molecular weight is 382 g/mol. The minimum absolute atomic E-state index is 0.0290. The molecule has 0 saturated heterocycles. The zero-order valence-electron chi connectivity index (χ0n) is 15.4. The van der Waals surface area contributed by atoms with Crippen molar-refractivity contribution in [1.29, 1.82) is 0 Å². The van der Waals surface area contributed by atoms with E-state index in [9.17, 15) is 9.59 Å². The Morgan fingerprint density at radius 1 is 1.15 bits per heavy atom. The molecule has 27 heavy (non-hydrogen) atoms. The van der Waals surface area contributed by atoms with Crippen LogP contribution in [0.15, 0.2) is 64.5 Å². The SMILES string of the molecule is CC[C@@H](C)n1c(SCCOC(=O)c2ccccc2)nc2ccccc2c1=O. The zero-order valence-corrected chi connectivity index (χ0v) is 16.2. The van der Waals surface area contributed by atoms with Gasteiger partial charge in [0.25, 0.3) is 5.56 Å². The highest BCUT2D eigenvalue weighted by Crippen LogP contribution is 2.22. The number of thioether (sulfide) groups is 1. The van der Waals surface area contributed by atoms with Gasteiger partial charge in [-0.05, 0) is 37.6 Å². The second kappa shape index (κ2) is 8.86. The first kappa shape index (κ1) is 19.2. The van der Waals surface area contributed by atoms with Gasteiger partial charge in [-0.3, -0.25) is 9.36 Å². The van der Waals surface area contributed by atoms with Crippen LogP contribution in [0.5, 0.6) is 0 Å². The summed E-state index contributed by atoms with van der Waals surface area (Å²) in [6.45, 7) is 4.31. The Hall–Kier alpha value is -2.60. The van der Waals surface area contributed by atoms with E-state index in [0.29, 0.717) is 27.4 Å².